The van der Waals surface area contributed by atoms with E-state index in [4.69, 9.17) is 21.4 Å². The molecular formula is C33H35ClN4O4S. The van der Waals surface area contributed by atoms with E-state index in [1.807, 2.05) is 77.4 Å². The number of fused-ring (bicyclic) bond motifs is 1. The third-order valence-electron chi connectivity index (χ3n) is 7.24. The van der Waals surface area contributed by atoms with Crippen molar-refractivity contribution < 1.29 is 19.4 Å². The second-order valence-corrected chi connectivity index (χ2v) is 11.8. The molecule has 0 aliphatic carbocycles. The normalized spacial score (nSPS) is 12.9. The van der Waals surface area contributed by atoms with Crippen molar-refractivity contribution in [3.8, 4) is 16.9 Å². The van der Waals surface area contributed by atoms with Crippen LogP contribution in [0.15, 0.2) is 78.0 Å². The molecule has 0 bridgehead atoms. The number of aliphatic hydroxyl groups excluding tert-OH is 1. The molecule has 8 nitrogen and oxygen atoms in total. The third kappa shape index (κ3) is 7.60. The van der Waals surface area contributed by atoms with Gasteiger partial charge in [-0.25, -0.2) is 0 Å². The Labute approximate surface area is 261 Å². The van der Waals surface area contributed by atoms with Gasteiger partial charge in [0, 0.05) is 57.9 Å². The molecular weight excluding hydrogens is 584 g/mol. The maximum Gasteiger partial charge on any atom is 0.251 e. The Bertz CT molecular complexity index is 1590. The van der Waals surface area contributed by atoms with Crippen molar-refractivity contribution in [1.82, 2.24) is 15.1 Å². The first-order chi connectivity index (χ1) is 20.9. The van der Waals surface area contributed by atoms with Crippen LogP contribution in [0.3, 0.4) is 0 Å². The standard InChI is InChI=1S/C33H35ClN4O4S/c1-23-28(34)10-4-12-30(23)42-17-5-13-31(40)38-15-6-18-43-32-27(9-3-11-29(32)38)26-20-36-37(22-26)21-24-7-2-8-25(19-24)33(41)35-14-16-39/h2-4,7-12,19-20,22,39H,5-6,13-18,21H2,1H3,(H,35,41). The van der Waals surface area contributed by atoms with Crippen LogP contribution in [0.5, 0.6) is 5.75 Å². The molecule has 10 heteroatoms. The number of anilines is 1. The number of carbonyl (C=O) groups excluding carboxylic acids is 2. The molecule has 0 atom stereocenters. The summed E-state index contributed by atoms with van der Waals surface area (Å²) in [5.41, 5.74) is 5.34. The molecule has 2 amide bonds. The fourth-order valence-corrected chi connectivity index (χ4v) is 6.35. The van der Waals surface area contributed by atoms with Crippen molar-refractivity contribution in [1.29, 1.82) is 0 Å². The minimum absolute atomic E-state index is 0.0888. The quantitative estimate of drug-likeness (QED) is 0.201. The van der Waals surface area contributed by atoms with Gasteiger partial charge in [0.25, 0.3) is 5.91 Å². The zero-order chi connectivity index (χ0) is 30.2. The van der Waals surface area contributed by atoms with Crippen molar-refractivity contribution in [2.24, 2.45) is 0 Å². The molecule has 224 valence electrons. The van der Waals surface area contributed by atoms with Gasteiger partial charge in [-0.3, -0.25) is 14.3 Å². The van der Waals surface area contributed by atoms with E-state index in [0.29, 0.717) is 43.1 Å². The van der Waals surface area contributed by atoms with Crippen molar-refractivity contribution in [2.75, 3.05) is 37.0 Å². The molecule has 0 saturated heterocycles. The van der Waals surface area contributed by atoms with Gasteiger partial charge in [0.05, 0.1) is 31.6 Å². The minimum atomic E-state index is -0.219. The molecule has 2 N–H and O–H groups in total. The fourth-order valence-electron chi connectivity index (χ4n) is 5.04. The second kappa shape index (κ2) is 14.6. The van der Waals surface area contributed by atoms with E-state index in [-0.39, 0.29) is 25.0 Å². The first kappa shape index (κ1) is 30.7. The largest absolute Gasteiger partial charge is 0.493 e. The molecule has 2 heterocycles. The van der Waals surface area contributed by atoms with Gasteiger partial charge >= 0.3 is 0 Å². The lowest BCUT2D eigenvalue weighted by Crippen LogP contribution is -2.32. The van der Waals surface area contributed by atoms with Gasteiger partial charge < -0.3 is 20.1 Å². The first-order valence-corrected chi connectivity index (χ1v) is 15.8. The van der Waals surface area contributed by atoms with Gasteiger partial charge in [-0.1, -0.05) is 41.9 Å². The Morgan fingerprint density at radius 3 is 2.84 bits per heavy atom. The third-order valence-corrected chi connectivity index (χ3v) is 8.86. The van der Waals surface area contributed by atoms with Crippen LogP contribution in [0.4, 0.5) is 5.69 Å². The van der Waals surface area contributed by atoms with Crippen LogP contribution in [0, 0.1) is 6.92 Å². The summed E-state index contributed by atoms with van der Waals surface area (Å²) in [7, 11) is 0. The Kier molecular flexibility index (Phi) is 10.4. The molecule has 0 spiro atoms. The Morgan fingerprint density at radius 2 is 1.98 bits per heavy atom. The summed E-state index contributed by atoms with van der Waals surface area (Å²) in [6.45, 7) is 3.66. The predicted octanol–water partition coefficient (Wildman–Crippen LogP) is 5.97. The van der Waals surface area contributed by atoms with E-state index >= 15 is 0 Å². The number of aromatic nitrogens is 2. The number of rotatable bonds is 11. The molecule has 43 heavy (non-hydrogen) atoms. The molecule has 1 aromatic heterocycles. The summed E-state index contributed by atoms with van der Waals surface area (Å²) in [4.78, 5) is 28.7. The van der Waals surface area contributed by atoms with Crippen LogP contribution in [-0.2, 0) is 11.3 Å². The molecule has 0 saturated carbocycles. The number of benzene rings is 3. The van der Waals surface area contributed by atoms with Gasteiger partial charge in [0.15, 0.2) is 0 Å². The molecule has 0 fully saturated rings. The summed E-state index contributed by atoms with van der Waals surface area (Å²) < 4.78 is 7.76. The summed E-state index contributed by atoms with van der Waals surface area (Å²) in [5, 5.41) is 16.9. The Morgan fingerprint density at radius 1 is 1.14 bits per heavy atom. The van der Waals surface area contributed by atoms with Crippen LogP contribution in [0.2, 0.25) is 5.02 Å². The number of carbonyl (C=O) groups is 2. The highest BCUT2D eigenvalue weighted by Crippen LogP contribution is 2.41. The summed E-state index contributed by atoms with van der Waals surface area (Å²) in [6.07, 6.45) is 5.76. The summed E-state index contributed by atoms with van der Waals surface area (Å²) in [6, 6.07) is 19.1. The number of hydrogen-bond donors (Lipinski definition) is 2. The molecule has 4 aromatic rings. The van der Waals surface area contributed by atoms with Crippen LogP contribution in [0.1, 0.15) is 40.7 Å². The number of ether oxygens (including phenoxy) is 1. The lowest BCUT2D eigenvalue weighted by molar-refractivity contribution is -0.118. The van der Waals surface area contributed by atoms with E-state index < -0.39 is 0 Å². The van der Waals surface area contributed by atoms with Crippen LogP contribution in [-0.4, -0.2) is 58.8 Å². The van der Waals surface area contributed by atoms with E-state index in [1.54, 1.807) is 17.8 Å². The maximum atomic E-state index is 13.4. The van der Waals surface area contributed by atoms with E-state index in [2.05, 4.69) is 16.5 Å². The number of halogens is 1. The predicted molar refractivity (Wildman–Crippen MR) is 171 cm³/mol. The SMILES string of the molecule is Cc1c(Cl)cccc1OCCCC(=O)N1CCCSc2c(-c3cnn(Cc4cccc(C(=O)NCCO)c4)c3)cccc21. The maximum absolute atomic E-state index is 13.4. The van der Waals surface area contributed by atoms with Gasteiger partial charge in [0.2, 0.25) is 5.91 Å². The van der Waals surface area contributed by atoms with Gasteiger partial charge in [0.1, 0.15) is 5.75 Å². The van der Waals surface area contributed by atoms with Gasteiger partial charge in [-0.15, -0.1) is 11.8 Å². The number of aliphatic hydroxyl groups is 1. The monoisotopic (exact) mass is 618 g/mol. The molecule has 0 unspecified atom stereocenters. The molecule has 0 radical (unpaired) electrons. The lowest BCUT2D eigenvalue weighted by Gasteiger charge is -2.23. The summed E-state index contributed by atoms with van der Waals surface area (Å²) >= 11 is 7.97. The topological polar surface area (TPSA) is 96.7 Å². The van der Waals surface area contributed by atoms with Gasteiger partial charge in [-0.05, 0) is 61.4 Å². The van der Waals surface area contributed by atoms with Crippen molar-refractivity contribution in [3.05, 3.63) is 94.8 Å². The molecule has 5 rings (SSSR count). The van der Waals surface area contributed by atoms with Crippen LogP contribution in [0.25, 0.3) is 11.1 Å². The highest BCUT2D eigenvalue weighted by atomic mass is 35.5. The zero-order valence-electron chi connectivity index (χ0n) is 24.1. The van der Waals surface area contributed by atoms with Crippen LogP contribution < -0.4 is 15.0 Å². The van der Waals surface area contributed by atoms with Crippen LogP contribution >= 0.6 is 23.4 Å². The van der Waals surface area contributed by atoms with Gasteiger partial charge in [-0.2, -0.15) is 5.10 Å². The van der Waals surface area contributed by atoms with Crippen molar-refractivity contribution in [3.63, 3.8) is 0 Å². The lowest BCUT2D eigenvalue weighted by atomic mass is 10.1. The molecule has 3 aromatic carbocycles. The smallest absolute Gasteiger partial charge is 0.251 e. The molecule has 1 aliphatic rings. The van der Waals surface area contributed by atoms with E-state index in [9.17, 15) is 9.59 Å². The average molecular weight is 619 g/mol. The Balaban J connectivity index is 1.27. The number of thioether (sulfide) groups is 1. The first-order valence-electron chi connectivity index (χ1n) is 14.4. The number of hydrogen-bond acceptors (Lipinski definition) is 6. The van der Waals surface area contributed by atoms with E-state index in [0.717, 1.165) is 50.8 Å². The number of amides is 2. The molecule has 1 aliphatic heterocycles. The average Bonchev–Trinajstić information content (AvgIpc) is 3.36. The highest BCUT2D eigenvalue weighted by molar-refractivity contribution is 7.99. The van der Waals surface area contributed by atoms with Crippen molar-refractivity contribution in [2.45, 2.75) is 37.6 Å². The van der Waals surface area contributed by atoms with E-state index in [1.165, 1.54) is 0 Å². The van der Waals surface area contributed by atoms with Crippen molar-refractivity contribution >= 4 is 40.9 Å². The Hall–Kier alpha value is -3.79. The number of nitrogens with one attached hydrogen (secondary N) is 1. The fraction of sp³-hybridized carbons (Fsp3) is 0.303. The number of nitrogens with zero attached hydrogens (tertiary/aromatic N) is 3. The minimum Gasteiger partial charge on any atom is -0.493 e. The summed E-state index contributed by atoms with van der Waals surface area (Å²) in [5.74, 6) is 1.54. The highest BCUT2D eigenvalue weighted by Gasteiger charge is 2.24. The second-order valence-electron chi connectivity index (χ2n) is 10.3. The zero-order valence-corrected chi connectivity index (χ0v) is 25.7.